The van der Waals surface area contributed by atoms with Crippen molar-refractivity contribution in [3.05, 3.63) is 86.6 Å². The van der Waals surface area contributed by atoms with E-state index in [0.29, 0.717) is 21.3 Å². The van der Waals surface area contributed by atoms with Gasteiger partial charge in [-0.3, -0.25) is 14.6 Å². The van der Waals surface area contributed by atoms with Crippen LogP contribution in [0, 0.1) is 0 Å². The number of benzene rings is 2. The molecule has 4 aromatic rings. The fourth-order valence-corrected chi connectivity index (χ4v) is 5.51. The highest BCUT2D eigenvalue weighted by molar-refractivity contribution is 9.10. The maximum atomic E-state index is 13.0. The average molecular weight is 542 g/mol. The molecule has 2 aromatic carbocycles. The number of fused-ring (bicyclic) bond motifs is 1. The third kappa shape index (κ3) is 4.38. The van der Waals surface area contributed by atoms with Gasteiger partial charge >= 0.3 is 0 Å². The Kier molecular flexibility index (Phi) is 5.90. The molecule has 2 amide bonds. The highest BCUT2D eigenvalue weighted by atomic mass is 79.9. The molecule has 166 valence electrons. The second kappa shape index (κ2) is 8.85. The van der Waals surface area contributed by atoms with Crippen molar-refractivity contribution in [2.45, 2.75) is 24.8 Å². The van der Waals surface area contributed by atoms with Crippen molar-refractivity contribution in [2.24, 2.45) is 0 Å². The van der Waals surface area contributed by atoms with Crippen LogP contribution >= 0.6 is 38.9 Å². The topological polar surface area (TPSA) is 84.0 Å². The quantitative estimate of drug-likeness (QED) is 0.316. The number of rotatable bonds is 5. The molecule has 2 N–H and O–H groups in total. The first kappa shape index (κ1) is 22.0. The summed E-state index contributed by atoms with van der Waals surface area (Å²) in [6, 6.07) is 16.2. The Bertz CT molecular complexity index is 1370. The van der Waals surface area contributed by atoms with Crippen molar-refractivity contribution in [1.29, 1.82) is 0 Å². The number of thiazole rings is 1. The van der Waals surface area contributed by atoms with Crippen molar-refractivity contribution >= 4 is 66.6 Å². The van der Waals surface area contributed by atoms with Gasteiger partial charge in [-0.1, -0.05) is 23.7 Å². The van der Waals surface area contributed by atoms with E-state index in [2.05, 4.69) is 36.5 Å². The van der Waals surface area contributed by atoms with Gasteiger partial charge in [-0.2, -0.15) is 0 Å². The maximum Gasteiger partial charge on any atom is 0.281 e. The van der Waals surface area contributed by atoms with Gasteiger partial charge in [-0.05, 0) is 77.7 Å². The van der Waals surface area contributed by atoms with Gasteiger partial charge in [-0.15, -0.1) is 11.3 Å². The summed E-state index contributed by atoms with van der Waals surface area (Å²) in [5, 5.41) is 6.92. The van der Waals surface area contributed by atoms with Gasteiger partial charge in [0.25, 0.3) is 11.8 Å². The fourth-order valence-electron chi connectivity index (χ4n) is 3.84. The van der Waals surface area contributed by atoms with Crippen LogP contribution in [0.5, 0.6) is 0 Å². The Morgan fingerprint density at radius 3 is 2.55 bits per heavy atom. The summed E-state index contributed by atoms with van der Waals surface area (Å²) in [5.41, 5.74) is 2.07. The predicted octanol–water partition coefficient (Wildman–Crippen LogP) is 6.17. The van der Waals surface area contributed by atoms with E-state index in [1.165, 1.54) is 11.3 Å². The summed E-state index contributed by atoms with van der Waals surface area (Å²) in [7, 11) is 0. The summed E-state index contributed by atoms with van der Waals surface area (Å²) in [6.07, 6.45) is 4.21. The molecule has 33 heavy (non-hydrogen) atoms. The zero-order chi connectivity index (χ0) is 23.0. The maximum absolute atomic E-state index is 13.0. The average Bonchev–Trinajstić information content (AvgIpc) is 3.23. The van der Waals surface area contributed by atoms with Crippen LogP contribution in [-0.2, 0) is 5.54 Å². The summed E-state index contributed by atoms with van der Waals surface area (Å²) in [5.74, 6) is -0.469. The third-order valence-corrected chi connectivity index (χ3v) is 7.62. The van der Waals surface area contributed by atoms with Gasteiger partial charge in [0.15, 0.2) is 5.01 Å². The van der Waals surface area contributed by atoms with E-state index in [1.807, 2.05) is 24.3 Å². The van der Waals surface area contributed by atoms with Crippen molar-refractivity contribution in [3.63, 3.8) is 0 Å². The third-order valence-electron chi connectivity index (χ3n) is 5.72. The second-order valence-corrected chi connectivity index (χ2v) is 10.2. The first-order chi connectivity index (χ1) is 15.9. The number of para-hydroxylation sites is 1. The number of carbonyl (C=O) groups excluding carboxylic acids is 2. The van der Waals surface area contributed by atoms with Crippen LogP contribution in [-0.4, -0.2) is 21.8 Å². The smallest absolute Gasteiger partial charge is 0.281 e. The number of amides is 2. The van der Waals surface area contributed by atoms with Crippen LogP contribution in [0.2, 0.25) is 5.02 Å². The Balaban J connectivity index is 1.32. The molecular formula is C24H18BrClN4O2S. The lowest BCUT2D eigenvalue weighted by Gasteiger charge is -2.41. The monoisotopic (exact) mass is 540 g/mol. The molecule has 1 aliphatic carbocycles. The molecule has 1 fully saturated rings. The van der Waals surface area contributed by atoms with Crippen LogP contribution in [0.3, 0.4) is 0 Å². The van der Waals surface area contributed by atoms with E-state index in [9.17, 15) is 9.59 Å². The van der Waals surface area contributed by atoms with E-state index in [-0.39, 0.29) is 11.8 Å². The molecule has 6 nitrogen and oxygen atoms in total. The van der Waals surface area contributed by atoms with Gasteiger partial charge < -0.3 is 10.6 Å². The molecule has 0 atom stereocenters. The molecule has 0 spiro atoms. The molecule has 2 heterocycles. The van der Waals surface area contributed by atoms with Crippen LogP contribution < -0.4 is 10.6 Å². The highest BCUT2D eigenvalue weighted by Gasteiger charge is 2.42. The minimum absolute atomic E-state index is 0.206. The molecule has 0 saturated heterocycles. The lowest BCUT2D eigenvalue weighted by Crippen LogP contribution is -2.51. The number of aromatic nitrogens is 2. The van der Waals surface area contributed by atoms with Crippen LogP contribution in [0.15, 0.2) is 65.3 Å². The van der Waals surface area contributed by atoms with Gasteiger partial charge in [-0.25, -0.2) is 4.98 Å². The number of anilines is 1. The Morgan fingerprint density at radius 2 is 1.88 bits per heavy atom. The summed E-state index contributed by atoms with van der Waals surface area (Å²) < 4.78 is 1.82. The zero-order valence-corrected chi connectivity index (χ0v) is 20.4. The first-order valence-corrected chi connectivity index (χ1v) is 12.3. The molecule has 1 aliphatic rings. The summed E-state index contributed by atoms with van der Waals surface area (Å²) in [4.78, 5) is 34.6. The molecule has 9 heteroatoms. The number of hydrogen-bond donors (Lipinski definition) is 2. The lowest BCUT2D eigenvalue weighted by molar-refractivity contribution is 0.0816. The van der Waals surface area contributed by atoms with Crippen molar-refractivity contribution in [1.82, 2.24) is 15.3 Å². The van der Waals surface area contributed by atoms with E-state index in [4.69, 9.17) is 11.6 Å². The number of carbonyl (C=O) groups is 2. The Labute approximate surface area is 207 Å². The molecule has 1 saturated carbocycles. The Morgan fingerprint density at radius 1 is 1.06 bits per heavy atom. The van der Waals surface area contributed by atoms with Gasteiger partial charge in [0.2, 0.25) is 0 Å². The standard InChI is InChI=1S/C24H18BrClN4O2S/c25-17-6-2-7-18-20(17)29-23(33-18)22(32)30-24(10-3-11-24)19-9-8-16(13-27-19)28-21(31)14-4-1-5-15(26)12-14/h1-2,4-9,12-13H,3,10-11H2,(H,28,31)(H,30,32). The number of pyridine rings is 1. The second-order valence-electron chi connectivity index (χ2n) is 7.89. The number of halogens is 2. The van der Waals surface area contributed by atoms with E-state index in [1.54, 1.807) is 36.5 Å². The van der Waals surface area contributed by atoms with E-state index in [0.717, 1.165) is 39.6 Å². The van der Waals surface area contributed by atoms with E-state index < -0.39 is 5.54 Å². The molecule has 2 aromatic heterocycles. The van der Waals surface area contributed by atoms with Gasteiger partial charge in [0.05, 0.1) is 33.3 Å². The van der Waals surface area contributed by atoms with Gasteiger partial charge in [0.1, 0.15) is 0 Å². The SMILES string of the molecule is O=C(Nc1ccc(C2(NC(=O)c3nc4c(Br)cccc4s3)CCC2)nc1)c1cccc(Cl)c1. The molecule has 0 bridgehead atoms. The zero-order valence-electron chi connectivity index (χ0n) is 17.3. The molecule has 0 unspecified atom stereocenters. The minimum atomic E-state index is -0.526. The van der Waals surface area contributed by atoms with Crippen molar-refractivity contribution in [3.8, 4) is 0 Å². The fraction of sp³-hybridized carbons (Fsp3) is 0.167. The largest absolute Gasteiger partial charge is 0.339 e. The van der Waals surface area contributed by atoms with Crippen LogP contribution in [0.25, 0.3) is 10.2 Å². The Hall–Kier alpha value is -2.81. The lowest BCUT2D eigenvalue weighted by atomic mass is 9.74. The summed E-state index contributed by atoms with van der Waals surface area (Å²) >= 11 is 10.8. The van der Waals surface area contributed by atoms with Crippen molar-refractivity contribution in [2.75, 3.05) is 5.32 Å². The van der Waals surface area contributed by atoms with Gasteiger partial charge in [0, 0.05) is 15.1 Å². The first-order valence-electron chi connectivity index (χ1n) is 10.3. The molecule has 0 aliphatic heterocycles. The highest BCUT2D eigenvalue weighted by Crippen LogP contribution is 2.41. The van der Waals surface area contributed by atoms with E-state index >= 15 is 0 Å². The normalized spacial score (nSPS) is 14.5. The summed E-state index contributed by atoms with van der Waals surface area (Å²) in [6.45, 7) is 0. The predicted molar refractivity (Wildman–Crippen MR) is 134 cm³/mol. The van der Waals surface area contributed by atoms with Crippen LogP contribution in [0.1, 0.15) is 45.1 Å². The molecule has 5 rings (SSSR count). The molecular weight excluding hydrogens is 524 g/mol. The number of nitrogens with one attached hydrogen (secondary N) is 2. The minimum Gasteiger partial charge on any atom is -0.339 e. The van der Waals surface area contributed by atoms with Crippen LogP contribution in [0.4, 0.5) is 5.69 Å². The number of hydrogen-bond acceptors (Lipinski definition) is 5. The van der Waals surface area contributed by atoms with Crippen molar-refractivity contribution < 1.29 is 9.59 Å². The molecule has 0 radical (unpaired) electrons. The number of nitrogens with zero attached hydrogens (tertiary/aromatic N) is 2.